The Kier molecular flexibility index (Phi) is 6.22. The minimum absolute atomic E-state index is 0.464. The Morgan fingerprint density at radius 2 is 1.10 bits per heavy atom. The van der Waals surface area contributed by atoms with Gasteiger partial charge in [-0.05, 0) is 47.9 Å². The SMILES string of the molecule is FC(=CCc1ccccc1)SC(F)=CCc1ccccc1. The zero-order valence-corrected chi connectivity index (χ0v) is 12.3. The molecule has 0 aliphatic heterocycles. The van der Waals surface area contributed by atoms with Crippen LogP contribution in [0.15, 0.2) is 83.1 Å². The first-order chi connectivity index (χ1) is 10.2. The van der Waals surface area contributed by atoms with E-state index in [-0.39, 0.29) is 0 Å². The molecule has 0 aromatic heterocycles. The fraction of sp³-hybridized carbons (Fsp3) is 0.111. The number of allylic oxidation sites excluding steroid dienone is 2. The fourth-order valence-corrected chi connectivity index (χ4v) is 2.32. The van der Waals surface area contributed by atoms with Crippen LogP contribution in [0.5, 0.6) is 0 Å². The lowest BCUT2D eigenvalue weighted by molar-refractivity contribution is 0.676. The molecule has 0 saturated heterocycles. The van der Waals surface area contributed by atoms with Gasteiger partial charge in [0.05, 0.1) is 0 Å². The normalized spacial score (nSPS) is 12.5. The van der Waals surface area contributed by atoms with E-state index in [1.165, 1.54) is 12.2 Å². The van der Waals surface area contributed by atoms with Gasteiger partial charge in [0.2, 0.25) is 0 Å². The lowest BCUT2D eigenvalue weighted by Crippen LogP contribution is -1.81. The van der Waals surface area contributed by atoms with Gasteiger partial charge in [0.15, 0.2) is 10.3 Å². The largest absolute Gasteiger partial charge is 0.199 e. The summed E-state index contributed by atoms with van der Waals surface area (Å²) in [5.41, 5.74) is 2.00. The van der Waals surface area contributed by atoms with Crippen molar-refractivity contribution in [3.05, 3.63) is 94.3 Å². The van der Waals surface area contributed by atoms with E-state index in [1.54, 1.807) is 0 Å². The summed E-state index contributed by atoms with van der Waals surface area (Å²) in [7, 11) is 0. The van der Waals surface area contributed by atoms with E-state index in [0.717, 1.165) is 11.1 Å². The highest BCUT2D eigenvalue weighted by atomic mass is 32.2. The Morgan fingerprint density at radius 3 is 1.48 bits per heavy atom. The van der Waals surface area contributed by atoms with Crippen LogP contribution in [0.3, 0.4) is 0 Å². The summed E-state index contributed by atoms with van der Waals surface area (Å²) in [5, 5.41) is -1.03. The first-order valence-corrected chi connectivity index (χ1v) is 7.53. The second-order valence-electron chi connectivity index (χ2n) is 4.50. The Morgan fingerprint density at radius 1 is 0.714 bits per heavy atom. The Labute approximate surface area is 128 Å². The molecule has 0 bridgehead atoms. The lowest BCUT2D eigenvalue weighted by Gasteiger charge is -1.98. The number of hydrogen-bond acceptors (Lipinski definition) is 1. The minimum Gasteiger partial charge on any atom is -0.199 e. The van der Waals surface area contributed by atoms with Crippen molar-refractivity contribution in [1.82, 2.24) is 0 Å². The molecule has 0 amide bonds. The van der Waals surface area contributed by atoms with Crippen molar-refractivity contribution in [1.29, 1.82) is 0 Å². The van der Waals surface area contributed by atoms with Crippen molar-refractivity contribution in [2.24, 2.45) is 0 Å². The second-order valence-corrected chi connectivity index (χ2v) is 5.48. The minimum atomic E-state index is -0.513. The number of halogens is 2. The van der Waals surface area contributed by atoms with E-state index >= 15 is 0 Å². The van der Waals surface area contributed by atoms with E-state index in [9.17, 15) is 8.78 Å². The van der Waals surface area contributed by atoms with Gasteiger partial charge in [0, 0.05) is 0 Å². The molecular formula is C18H16F2S. The fourth-order valence-electron chi connectivity index (χ4n) is 1.80. The standard InChI is InChI=1S/C18H16F2S/c19-17(13-11-15-7-3-1-4-8-15)21-18(20)14-12-16-9-5-2-6-10-16/h1-10,13-14H,11-12H2. The third kappa shape index (κ3) is 5.96. The molecule has 108 valence electrons. The summed E-state index contributed by atoms with van der Waals surface area (Å²) in [6, 6.07) is 19.1. The van der Waals surface area contributed by atoms with Crippen molar-refractivity contribution in [2.75, 3.05) is 0 Å². The van der Waals surface area contributed by atoms with Crippen molar-refractivity contribution in [2.45, 2.75) is 12.8 Å². The predicted octanol–water partition coefficient (Wildman–Crippen LogP) is 5.83. The molecule has 0 saturated carbocycles. The molecule has 0 atom stereocenters. The lowest BCUT2D eigenvalue weighted by atomic mass is 10.2. The van der Waals surface area contributed by atoms with Gasteiger partial charge in [-0.2, -0.15) is 8.78 Å². The highest BCUT2D eigenvalue weighted by Crippen LogP contribution is 2.28. The summed E-state index contributed by atoms with van der Waals surface area (Å²) >= 11 is 0.527. The van der Waals surface area contributed by atoms with E-state index < -0.39 is 10.3 Å². The summed E-state index contributed by atoms with van der Waals surface area (Å²) in [6.45, 7) is 0. The first kappa shape index (κ1) is 15.5. The second kappa shape index (κ2) is 8.42. The maximum Gasteiger partial charge on any atom is 0.159 e. The summed E-state index contributed by atoms with van der Waals surface area (Å²) < 4.78 is 27.2. The van der Waals surface area contributed by atoms with Crippen LogP contribution in [-0.4, -0.2) is 0 Å². The summed E-state index contributed by atoms with van der Waals surface area (Å²) in [6.07, 6.45) is 3.73. The van der Waals surface area contributed by atoms with Gasteiger partial charge in [-0.3, -0.25) is 0 Å². The van der Waals surface area contributed by atoms with Crippen LogP contribution in [0.4, 0.5) is 8.78 Å². The van der Waals surface area contributed by atoms with Crippen molar-refractivity contribution in [3.8, 4) is 0 Å². The molecule has 0 heterocycles. The van der Waals surface area contributed by atoms with E-state index in [4.69, 9.17) is 0 Å². The third-order valence-corrected chi connectivity index (χ3v) is 3.60. The van der Waals surface area contributed by atoms with Crippen LogP contribution in [-0.2, 0) is 12.8 Å². The highest BCUT2D eigenvalue weighted by molar-refractivity contribution is 8.06. The Hall–Kier alpha value is -1.87. The highest BCUT2D eigenvalue weighted by Gasteiger charge is 2.02. The molecular weight excluding hydrogens is 286 g/mol. The average molecular weight is 302 g/mol. The molecule has 0 spiro atoms. The molecule has 0 nitrogen and oxygen atoms in total. The molecule has 0 aliphatic rings. The van der Waals surface area contributed by atoms with Gasteiger partial charge in [-0.25, -0.2) is 0 Å². The first-order valence-electron chi connectivity index (χ1n) is 6.71. The van der Waals surface area contributed by atoms with E-state index in [1.807, 2.05) is 60.7 Å². The smallest absolute Gasteiger partial charge is 0.159 e. The molecule has 0 radical (unpaired) electrons. The molecule has 21 heavy (non-hydrogen) atoms. The van der Waals surface area contributed by atoms with E-state index in [2.05, 4.69) is 0 Å². The molecule has 2 aromatic rings. The average Bonchev–Trinajstić information content (AvgIpc) is 2.53. The third-order valence-electron chi connectivity index (χ3n) is 2.88. The zero-order chi connectivity index (χ0) is 14.9. The Balaban J connectivity index is 1.85. The number of thioether (sulfide) groups is 1. The Bertz CT molecular complexity index is 548. The van der Waals surface area contributed by atoms with Crippen LogP contribution in [0.25, 0.3) is 0 Å². The number of hydrogen-bond donors (Lipinski definition) is 0. The van der Waals surface area contributed by atoms with Crippen LogP contribution >= 0.6 is 11.8 Å². The van der Waals surface area contributed by atoms with Crippen molar-refractivity contribution >= 4 is 11.8 Å². The van der Waals surface area contributed by atoms with Crippen LogP contribution < -0.4 is 0 Å². The molecule has 2 aromatic carbocycles. The maximum atomic E-state index is 13.6. The van der Waals surface area contributed by atoms with Gasteiger partial charge in [-0.15, -0.1) is 0 Å². The summed E-state index contributed by atoms with van der Waals surface area (Å²) in [4.78, 5) is 0. The van der Waals surface area contributed by atoms with Crippen LogP contribution in [0, 0.1) is 0 Å². The quantitative estimate of drug-likeness (QED) is 0.647. The van der Waals surface area contributed by atoms with Gasteiger partial charge >= 0.3 is 0 Å². The van der Waals surface area contributed by atoms with Crippen molar-refractivity contribution in [3.63, 3.8) is 0 Å². The zero-order valence-electron chi connectivity index (χ0n) is 11.5. The van der Waals surface area contributed by atoms with Gasteiger partial charge in [0.25, 0.3) is 0 Å². The predicted molar refractivity (Wildman–Crippen MR) is 86.3 cm³/mol. The van der Waals surface area contributed by atoms with Gasteiger partial charge in [0.1, 0.15) is 0 Å². The molecule has 0 N–H and O–H groups in total. The van der Waals surface area contributed by atoms with Gasteiger partial charge in [-0.1, -0.05) is 60.7 Å². The van der Waals surface area contributed by atoms with Crippen LogP contribution in [0.2, 0.25) is 0 Å². The molecule has 0 fully saturated rings. The number of benzene rings is 2. The van der Waals surface area contributed by atoms with Crippen molar-refractivity contribution < 1.29 is 8.78 Å². The molecule has 0 aliphatic carbocycles. The maximum absolute atomic E-state index is 13.6. The monoisotopic (exact) mass is 302 g/mol. The molecule has 0 unspecified atom stereocenters. The van der Waals surface area contributed by atoms with E-state index in [0.29, 0.717) is 24.6 Å². The molecule has 2 rings (SSSR count). The number of rotatable bonds is 6. The summed E-state index contributed by atoms with van der Waals surface area (Å²) in [5.74, 6) is 0. The molecule has 3 heteroatoms. The topological polar surface area (TPSA) is 0 Å². The van der Waals surface area contributed by atoms with Gasteiger partial charge < -0.3 is 0 Å². The van der Waals surface area contributed by atoms with Crippen LogP contribution in [0.1, 0.15) is 11.1 Å².